The molecule has 21 heavy (non-hydrogen) atoms. The van der Waals surface area contributed by atoms with Gasteiger partial charge in [-0.1, -0.05) is 44.5 Å². The van der Waals surface area contributed by atoms with Crippen LogP contribution in [0.3, 0.4) is 0 Å². The molecule has 0 aliphatic heterocycles. The molecule has 114 valence electrons. The molecule has 0 bridgehead atoms. The van der Waals surface area contributed by atoms with E-state index in [0.29, 0.717) is 5.02 Å². The summed E-state index contributed by atoms with van der Waals surface area (Å²) in [5.74, 6) is -2.15. The summed E-state index contributed by atoms with van der Waals surface area (Å²) in [7, 11) is 0. The predicted molar refractivity (Wildman–Crippen MR) is 81.0 cm³/mol. The molecule has 1 aromatic carbocycles. The Morgan fingerprint density at radius 3 is 2.29 bits per heavy atom. The van der Waals surface area contributed by atoms with E-state index in [-0.39, 0.29) is 11.9 Å². The predicted octanol–water partition coefficient (Wildman–Crippen LogP) is 3.26. The second-order valence-corrected chi connectivity index (χ2v) is 6.57. The summed E-state index contributed by atoms with van der Waals surface area (Å²) in [4.78, 5) is 23.5. The zero-order chi connectivity index (χ0) is 15.8. The molecule has 1 aliphatic rings. The van der Waals surface area contributed by atoms with Gasteiger partial charge in [0.1, 0.15) is 0 Å². The van der Waals surface area contributed by atoms with Crippen LogP contribution in [0.2, 0.25) is 5.02 Å². The summed E-state index contributed by atoms with van der Waals surface area (Å²) in [6.07, 6.45) is 0.734. The minimum absolute atomic E-state index is 0.124. The fraction of sp³-hybridized carbons (Fsp3) is 0.500. The van der Waals surface area contributed by atoms with Gasteiger partial charge in [0.2, 0.25) is 5.91 Å². The van der Waals surface area contributed by atoms with Crippen LogP contribution in [0.1, 0.15) is 38.8 Å². The maximum Gasteiger partial charge on any atom is 0.307 e. The van der Waals surface area contributed by atoms with E-state index in [4.69, 9.17) is 16.7 Å². The first-order valence-electron chi connectivity index (χ1n) is 7.07. The number of hydrogen-bond donors (Lipinski definition) is 2. The van der Waals surface area contributed by atoms with Gasteiger partial charge in [-0.25, -0.2) is 0 Å². The highest BCUT2D eigenvalue weighted by molar-refractivity contribution is 6.30. The summed E-state index contributed by atoms with van der Waals surface area (Å²) in [6, 6.07) is 7.20. The lowest BCUT2D eigenvalue weighted by molar-refractivity contribution is -0.140. The highest BCUT2D eigenvalue weighted by Gasteiger charge is 2.65. The van der Waals surface area contributed by atoms with E-state index in [2.05, 4.69) is 5.32 Å². The fourth-order valence-electron chi connectivity index (χ4n) is 2.97. The Labute approximate surface area is 129 Å². The zero-order valence-electron chi connectivity index (χ0n) is 12.4. The first-order valence-corrected chi connectivity index (χ1v) is 7.45. The lowest BCUT2D eigenvalue weighted by atomic mass is 10.0. The van der Waals surface area contributed by atoms with Crippen LogP contribution in [0.15, 0.2) is 24.3 Å². The van der Waals surface area contributed by atoms with Crippen molar-refractivity contribution in [3.63, 3.8) is 0 Å². The molecule has 2 N–H and O–H groups in total. The molecule has 0 spiro atoms. The molecule has 3 unspecified atom stereocenters. The maximum atomic E-state index is 12.3. The summed E-state index contributed by atoms with van der Waals surface area (Å²) in [5.41, 5.74) is 0.495. The standard InChI is InChI=1S/C16H20ClNO3/c1-4-11(9-5-7-10(17)8-6-9)18-14(19)12-13(15(20)21)16(12,2)3/h5-8,11-13H,4H2,1-3H3,(H,18,19)(H,20,21). The van der Waals surface area contributed by atoms with Crippen LogP contribution in [-0.4, -0.2) is 17.0 Å². The number of nitrogens with one attached hydrogen (secondary N) is 1. The van der Waals surface area contributed by atoms with Gasteiger partial charge in [-0.05, 0) is 29.5 Å². The molecule has 1 aliphatic carbocycles. The van der Waals surface area contributed by atoms with Crippen molar-refractivity contribution in [2.75, 3.05) is 0 Å². The molecular formula is C16H20ClNO3. The second-order valence-electron chi connectivity index (χ2n) is 6.14. The van der Waals surface area contributed by atoms with Gasteiger partial charge >= 0.3 is 5.97 Å². The third-order valence-corrected chi connectivity index (χ3v) is 4.62. The van der Waals surface area contributed by atoms with Crippen molar-refractivity contribution in [2.24, 2.45) is 17.3 Å². The highest BCUT2D eigenvalue weighted by atomic mass is 35.5. The topological polar surface area (TPSA) is 66.4 Å². The minimum Gasteiger partial charge on any atom is -0.481 e. The Morgan fingerprint density at radius 2 is 1.86 bits per heavy atom. The number of carboxylic acid groups (broad SMARTS) is 1. The van der Waals surface area contributed by atoms with Crippen LogP contribution in [0.5, 0.6) is 0 Å². The van der Waals surface area contributed by atoms with Crippen molar-refractivity contribution in [1.29, 1.82) is 0 Å². The average Bonchev–Trinajstić information content (AvgIpc) is 3.00. The average molecular weight is 310 g/mol. The number of rotatable bonds is 5. The Bertz CT molecular complexity index is 553. The normalized spacial score (nSPS) is 24.2. The van der Waals surface area contributed by atoms with Crippen LogP contribution in [0.25, 0.3) is 0 Å². The molecule has 1 aromatic rings. The molecule has 5 heteroatoms. The van der Waals surface area contributed by atoms with Crippen LogP contribution < -0.4 is 5.32 Å². The van der Waals surface area contributed by atoms with E-state index in [1.54, 1.807) is 12.1 Å². The molecule has 3 atom stereocenters. The SMILES string of the molecule is CCC(NC(=O)C1C(C(=O)O)C1(C)C)c1ccc(Cl)cc1. The van der Waals surface area contributed by atoms with Gasteiger partial charge in [0.25, 0.3) is 0 Å². The Hall–Kier alpha value is -1.55. The quantitative estimate of drug-likeness (QED) is 0.877. The van der Waals surface area contributed by atoms with Crippen LogP contribution in [0, 0.1) is 17.3 Å². The maximum absolute atomic E-state index is 12.3. The van der Waals surface area contributed by atoms with Crippen molar-refractivity contribution in [3.05, 3.63) is 34.9 Å². The van der Waals surface area contributed by atoms with E-state index in [0.717, 1.165) is 12.0 Å². The van der Waals surface area contributed by atoms with E-state index >= 15 is 0 Å². The first kappa shape index (κ1) is 15.8. The number of aliphatic carboxylic acids is 1. The highest BCUT2D eigenvalue weighted by Crippen LogP contribution is 2.58. The second kappa shape index (κ2) is 5.68. The summed E-state index contributed by atoms with van der Waals surface area (Å²) >= 11 is 5.86. The third-order valence-electron chi connectivity index (χ3n) is 4.37. The van der Waals surface area contributed by atoms with Crippen LogP contribution in [0.4, 0.5) is 0 Å². The van der Waals surface area contributed by atoms with Gasteiger partial charge in [0.15, 0.2) is 0 Å². The van der Waals surface area contributed by atoms with Gasteiger partial charge in [-0.3, -0.25) is 9.59 Å². The molecular weight excluding hydrogens is 290 g/mol. The van der Waals surface area contributed by atoms with E-state index in [1.165, 1.54) is 0 Å². The number of amides is 1. The number of carbonyl (C=O) groups excluding carboxylic acids is 1. The molecule has 0 heterocycles. The largest absolute Gasteiger partial charge is 0.481 e. The van der Waals surface area contributed by atoms with Crippen molar-refractivity contribution in [2.45, 2.75) is 33.2 Å². The van der Waals surface area contributed by atoms with Gasteiger partial charge in [0, 0.05) is 5.02 Å². The van der Waals surface area contributed by atoms with E-state index in [1.807, 2.05) is 32.9 Å². The van der Waals surface area contributed by atoms with Crippen LogP contribution >= 0.6 is 11.6 Å². The van der Waals surface area contributed by atoms with Crippen molar-refractivity contribution < 1.29 is 14.7 Å². The minimum atomic E-state index is -0.903. The third kappa shape index (κ3) is 3.05. The Balaban J connectivity index is 2.08. The molecule has 1 saturated carbocycles. The van der Waals surface area contributed by atoms with Crippen molar-refractivity contribution in [1.82, 2.24) is 5.32 Å². The zero-order valence-corrected chi connectivity index (χ0v) is 13.1. The summed E-state index contributed by atoms with van der Waals surface area (Å²) in [6.45, 7) is 5.62. The molecule has 0 radical (unpaired) electrons. The number of benzene rings is 1. The Kier molecular flexibility index (Phi) is 4.28. The van der Waals surface area contributed by atoms with Gasteiger partial charge in [-0.2, -0.15) is 0 Å². The summed E-state index contributed by atoms with van der Waals surface area (Å²) < 4.78 is 0. The molecule has 0 saturated heterocycles. The van der Waals surface area contributed by atoms with E-state index in [9.17, 15) is 9.59 Å². The van der Waals surface area contributed by atoms with Gasteiger partial charge < -0.3 is 10.4 Å². The number of carbonyl (C=O) groups is 2. The number of carboxylic acids is 1. The first-order chi connectivity index (χ1) is 9.78. The fourth-order valence-corrected chi connectivity index (χ4v) is 3.09. The molecule has 2 rings (SSSR count). The molecule has 4 nitrogen and oxygen atoms in total. The molecule has 1 fully saturated rings. The lowest BCUT2D eigenvalue weighted by Gasteiger charge is -2.18. The Morgan fingerprint density at radius 1 is 1.29 bits per heavy atom. The summed E-state index contributed by atoms with van der Waals surface area (Å²) in [5, 5.41) is 12.8. The van der Waals surface area contributed by atoms with Crippen LogP contribution in [-0.2, 0) is 9.59 Å². The van der Waals surface area contributed by atoms with E-state index < -0.39 is 23.2 Å². The lowest BCUT2D eigenvalue weighted by Crippen LogP contribution is -2.31. The monoisotopic (exact) mass is 309 g/mol. The smallest absolute Gasteiger partial charge is 0.307 e. The van der Waals surface area contributed by atoms with Gasteiger partial charge in [-0.15, -0.1) is 0 Å². The molecule has 1 amide bonds. The molecule has 0 aromatic heterocycles. The van der Waals surface area contributed by atoms with Crippen molar-refractivity contribution in [3.8, 4) is 0 Å². The number of halogens is 1. The van der Waals surface area contributed by atoms with Crippen molar-refractivity contribution >= 4 is 23.5 Å². The number of hydrogen-bond acceptors (Lipinski definition) is 2. The van der Waals surface area contributed by atoms with Gasteiger partial charge in [0.05, 0.1) is 17.9 Å².